The predicted molar refractivity (Wildman–Crippen MR) is 173 cm³/mol. The number of piperazine rings is 1. The molecule has 2 N–H and O–H groups in total. The minimum atomic E-state index is -0.251. The quantitative estimate of drug-likeness (QED) is 0.220. The molecule has 0 aliphatic carbocycles. The van der Waals surface area contributed by atoms with Crippen LogP contribution in [-0.2, 0) is 9.59 Å². The van der Waals surface area contributed by atoms with Gasteiger partial charge in [0.05, 0.1) is 24.5 Å². The van der Waals surface area contributed by atoms with Crippen LogP contribution in [-0.4, -0.2) is 72.4 Å². The number of nitrogens with one attached hydrogen (secondary N) is 2. The van der Waals surface area contributed by atoms with Crippen LogP contribution in [0.3, 0.4) is 0 Å². The van der Waals surface area contributed by atoms with Crippen molar-refractivity contribution in [2.45, 2.75) is 0 Å². The first kappa shape index (κ1) is 31.1. The largest absolute Gasteiger partial charge is 0.324 e. The number of rotatable bonds is 10. The molecule has 0 saturated carbocycles. The van der Waals surface area contributed by atoms with E-state index >= 15 is 0 Å². The monoisotopic (exact) mass is 628 g/mol. The van der Waals surface area contributed by atoms with Gasteiger partial charge in [0, 0.05) is 58.5 Å². The third-order valence-corrected chi connectivity index (χ3v) is 7.74. The highest BCUT2D eigenvalue weighted by molar-refractivity contribution is 6.32. The summed E-state index contributed by atoms with van der Waals surface area (Å²) in [5, 5.41) is 6.52. The van der Waals surface area contributed by atoms with E-state index in [4.69, 9.17) is 23.2 Å². The van der Waals surface area contributed by atoms with Crippen LogP contribution in [0.25, 0.3) is 0 Å². The number of carbonyl (C=O) groups is 4. The molecule has 0 atom stereocenters. The molecule has 8 nitrogen and oxygen atoms in total. The van der Waals surface area contributed by atoms with E-state index in [1.165, 1.54) is 0 Å². The normalized spacial score (nSPS) is 13.7. The van der Waals surface area contributed by atoms with Crippen molar-refractivity contribution in [1.82, 2.24) is 9.80 Å². The van der Waals surface area contributed by atoms with Crippen LogP contribution in [0.5, 0.6) is 0 Å². The highest BCUT2D eigenvalue weighted by Crippen LogP contribution is 2.25. The van der Waals surface area contributed by atoms with Gasteiger partial charge in [0.1, 0.15) is 0 Å². The Morgan fingerprint density at radius 2 is 0.909 bits per heavy atom. The smallest absolute Gasteiger partial charge is 0.238 e. The van der Waals surface area contributed by atoms with Crippen molar-refractivity contribution in [2.24, 2.45) is 0 Å². The average molecular weight is 630 g/mol. The van der Waals surface area contributed by atoms with Crippen LogP contribution in [0.4, 0.5) is 11.4 Å². The maximum Gasteiger partial charge on any atom is 0.238 e. The lowest BCUT2D eigenvalue weighted by Gasteiger charge is -2.33. The maximum absolute atomic E-state index is 13.1. The van der Waals surface area contributed by atoms with E-state index in [2.05, 4.69) is 10.6 Å². The fourth-order valence-corrected chi connectivity index (χ4v) is 5.35. The first-order valence-electron chi connectivity index (χ1n) is 14.1. The van der Waals surface area contributed by atoms with Crippen molar-refractivity contribution in [3.63, 3.8) is 0 Å². The van der Waals surface area contributed by atoms with Gasteiger partial charge in [-0.1, -0.05) is 83.9 Å². The van der Waals surface area contributed by atoms with E-state index in [0.717, 1.165) is 0 Å². The summed E-state index contributed by atoms with van der Waals surface area (Å²) in [7, 11) is 0. The third kappa shape index (κ3) is 7.98. The molecule has 0 unspecified atom stereocenters. The Morgan fingerprint density at radius 3 is 1.27 bits per heavy atom. The van der Waals surface area contributed by atoms with Crippen LogP contribution in [0.15, 0.2) is 97.1 Å². The van der Waals surface area contributed by atoms with Crippen molar-refractivity contribution in [1.29, 1.82) is 0 Å². The summed E-state index contributed by atoms with van der Waals surface area (Å²) in [6, 6.07) is 27.3. The Labute approximate surface area is 265 Å². The molecule has 4 aromatic rings. The Balaban J connectivity index is 1.13. The highest BCUT2D eigenvalue weighted by atomic mass is 35.5. The Bertz CT molecular complexity index is 1550. The Kier molecular flexibility index (Phi) is 10.2. The van der Waals surface area contributed by atoms with E-state index in [-0.39, 0.29) is 36.5 Å². The Hall–Kier alpha value is -4.34. The van der Waals surface area contributed by atoms with Gasteiger partial charge in [-0.05, 0) is 36.4 Å². The van der Waals surface area contributed by atoms with E-state index < -0.39 is 0 Å². The van der Waals surface area contributed by atoms with Crippen LogP contribution in [0.2, 0.25) is 10.0 Å². The van der Waals surface area contributed by atoms with Gasteiger partial charge in [0.25, 0.3) is 0 Å². The molecule has 224 valence electrons. The fourth-order valence-electron chi connectivity index (χ4n) is 5.01. The number of amides is 2. The summed E-state index contributed by atoms with van der Waals surface area (Å²) in [6.45, 7) is 2.59. The van der Waals surface area contributed by atoms with Gasteiger partial charge in [-0.3, -0.25) is 29.0 Å². The fraction of sp³-hybridized carbons (Fsp3) is 0.176. The molecule has 0 radical (unpaired) electrons. The lowest BCUT2D eigenvalue weighted by Crippen LogP contribution is -2.50. The van der Waals surface area contributed by atoms with Gasteiger partial charge in [0.2, 0.25) is 11.8 Å². The summed E-state index contributed by atoms with van der Waals surface area (Å²) in [5.74, 6) is -0.964. The molecule has 0 bridgehead atoms. The molecule has 0 spiro atoms. The highest BCUT2D eigenvalue weighted by Gasteiger charge is 2.23. The molecule has 1 aliphatic rings. The summed E-state index contributed by atoms with van der Waals surface area (Å²) >= 11 is 12.3. The molecule has 10 heteroatoms. The van der Waals surface area contributed by atoms with Gasteiger partial charge in [0.15, 0.2) is 11.6 Å². The second-order valence-electron chi connectivity index (χ2n) is 10.4. The van der Waals surface area contributed by atoms with Crippen molar-refractivity contribution in [3.8, 4) is 0 Å². The Morgan fingerprint density at radius 1 is 0.545 bits per heavy atom. The van der Waals surface area contributed by atoms with Crippen molar-refractivity contribution < 1.29 is 19.2 Å². The topological polar surface area (TPSA) is 98.8 Å². The molecule has 1 fully saturated rings. The summed E-state index contributed by atoms with van der Waals surface area (Å²) in [5.41, 5.74) is 2.44. The first-order valence-corrected chi connectivity index (χ1v) is 14.9. The number of halogens is 2. The van der Waals surface area contributed by atoms with Gasteiger partial charge in [-0.2, -0.15) is 0 Å². The number of ketones is 2. The molecule has 1 saturated heterocycles. The van der Waals surface area contributed by atoms with Gasteiger partial charge >= 0.3 is 0 Å². The van der Waals surface area contributed by atoms with Crippen molar-refractivity contribution in [3.05, 3.63) is 129 Å². The number of hydrogen-bond acceptors (Lipinski definition) is 6. The summed E-state index contributed by atoms with van der Waals surface area (Å²) in [6.07, 6.45) is 0. The molecular formula is C34H30Cl2N4O4. The van der Waals surface area contributed by atoms with Crippen LogP contribution < -0.4 is 10.6 Å². The predicted octanol–water partition coefficient (Wildman–Crippen LogP) is 5.65. The molecule has 5 rings (SSSR count). The van der Waals surface area contributed by atoms with E-state index in [9.17, 15) is 19.2 Å². The summed E-state index contributed by atoms with van der Waals surface area (Å²) in [4.78, 5) is 56.0. The van der Waals surface area contributed by atoms with Crippen molar-refractivity contribution >= 4 is 58.0 Å². The molecular weight excluding hydrogens is 599 g/mol. The van der Waals surface area contributed by atoms with Crippen LogP contribution >= 0.6 is 23.2 Å². The van der Waals surface area contributed by atoms with Crippen LogP contribution in [0.1, 0.15) is 31.8 Å². The summed E-state index contributed by atoms with van der Waals surface area (Å²) < 4.78 is 0. The van der Waals surface area contributed by atoms with Gasteiger partial charge in [-0.15, -0.1) is 0 Å². The van der Waals surface area contributed by atoms with E-state index in [1.54, 1.807) is 84.9 Å². The number of carbonyl (C=O) groups excluding carboxylic acids is 4. The number of nitrogens with zero attached hydrogens (tertiary/aromatic N) is 2. The molecule has 1 heterocycles. The maximum atomic E-state index is 13.1. The first-order chi connectivity index (χ1) is 21.3. The lowest BCUT2D eigenvalue weighted by atomic mass is 10.0. The molecule has 2 amide bonds. The van der Waals surface area contributed by atoms with Crippen LogP contribution in [0, 0.1) is 0 Å². The molecule has 4 aromatic carbocycles. The lowest BCUT2D eigenvalue weighted by molar-refractivity contribution is -0.120. The second kappa shape index (κ2) is 14.4. The zero-order valence-electron chi connectivity index (χ0n) is 23.8. The molecule has 44 heavy (non-hydrogen) atoms. The standard InChI is InChI=1S/C34H30Cl2N4O4/c35-25-11-13-29(27(19-25)33(43)23-7-3-1-4-8-23)37-31(41)21-39-15-17-40(18-16-39)22-32(42)38-30-14-12-26(36)20-28(30)34(44)24-9-5-2-6-10-24/h1-14,19-20H,15-18,21-22H2,(H,37,41)(H,38,42). The van der Waals surface area contributed by atoms with E-state index in [1.807, 2.05) is 21.9 Å². The number of hydrogen-bond donors (Lipinski definition) is 2. The number of anilines is 2. The minimum Gasteiger partial charge on any atom is -0.324 e. The zero-order chi connectivity index (χ0) is 31.1. The molecule has 1 aliphatic heterocycles. The van der Waals surface area contributed by atoms with Gasteiger partial charge < -0.3 is 10.6 Å². The third-order valence-electron chi connectivity index (χ3n) is 7.27. The van der Waals surface area contributed by atoms with E-state index in [0.29, 0.717) is 69.9 Å². The number of benzene rings is 4. The second-order valence-corrected chi connectivity index (χ2v) is 11.3. The minimum absolute atomic E-state index is 0.136. The zero-order valence-corrected chi connectivity index (χ0v) is 25.3. The van der Waals surface area contributed by atoms with Gasteiger partial charge in [-0.25, -0.2) is 0 Å². The molecule has 0 aromatic heterocycles. The SMILES string of the molecule is O=C(CN1CCN(CC(=O)Nc2ccc(Cl)cc2C(=O)c2ccccc2)CC1)Nc1ccc(Cl)cc1C(=O)c1ccccc1. The average Bonchev–Trinajstić information content (AvgIpc) is 3.04. The van der Waals surface area contributed by atoms with Crippen molar-refractivity contribution in [2.75, 3.05) is 49.9 Å².